The van der Waals surface area contributed by atoms with Crippen molar-refractivity contribution in [3.63, 3.8) is 0 Å². The van der Waals surface area contributed by atoms with Crippen LogP contribution in [0, 0.1) is 6.92 Å². The molecule has 0 bridgehead atoms. The Morgan fingerprint density at radius 2 is 1.89 bits per heavy atom. The van der Waals surface area contributed by atoms with Crippen molar-refractivity contribution in [3.8, 4) is 0 Å². The zero-order valence-corrected chi connectivity index (χ0v) is 14.3. The molecule has 5 nitrogen and oxygen atoms in total. The number of carboxylic acids is 1. The summed E-state index contributed by atoms with van der Waals surface area (Å²) in [5.74, 6) is -1.04. The molecule has 0 amide bonds. The van der Waals surface area contributed by atoms with Gasteiger partial charge in [-0.1, -0.05) is 15.9 Å². The molecule has 0 fully saturated rings. The molecule has 0 radical (unpaired) electrons. The van der Waals surface area contributed by atoms with Crippen molar-refractivity contribution >= 4 is 47.9 Å². The smallest absolute Gasteiger partial charge is 0.304 e. The number of carboxylic acid groups (broad SMARTS) is 1. The lowest BCUT2D eigenvalue weighted by Crippen LogP contribution is -2.29. The maximum absolute atomic E-state index is 12.3. The Morgan fingerprint density at radius 1 is 1.32 bits per heavy atom. The van der Waals surface area contributed by atoms with Crippen molar-refractivity contribution in [2.75, 3.05) is 13.6 Å². The zero-order chi connectivity index (χ0) is 14.8. The molecule has 1 rings (SSSR count). The highest BCUT2D eigenvalue weighted by Gasteiger charge is 2.24. The second kappa shape index (κ2) is 6.34. The minimum Gasteiger partial charge on any atom is -0.481 e. The molecule has 0 aliphatic heterocycles. The number of hydrogen-bond donors (Lipinski definition) is 1. The van der Waals surface area contributed by atoms with Gasteiger partial charge in [-0.2, -0.15) is 0 Å². The lowest BCUT2D eigenvalue weighted by Gasteiger charge is -2.18. The lowest BCUT2D eigenvalue weighted by molar-refractivity contribution is -0.137. The number of carbonyl (C=O) groups is 1. The molecule has 0 spiro atoms. The average molecular weight is 415 g/mol. The van der Waals surface area contributed by atoms with Gasteiger partial charge in [0.2, 0.25) is 10.0 Å². The second-order valence-electron chi connectivity index (χ2n) is 4.00. The first-order chi connectivity index (χ1) is 8.66. The van der Waals surface area contributed by atoms with Crippen molar-refractivity contribution < 1.29 is 18.3 Å². The molecule has 0 unspecified atom stereocenters. The van der Waals surface area contributed by atoms with Gasteiger partial charge in [0, 0.05) is 22.5 Å². The molecule has 0 saturated carbocycles. The summed E-state index contributed by atoms with van der Waals surface area (Å²) in [6, 6.07) is 3.20. The van der Waals surface area contributed by atoms with E-state index in [-0.39, 0.29) is 17.9 Å². The summed E-state index contributed by atoms with van der Waals surface area (Å²) >= 11 is 6.51. The Hall–Kier alpha value is -0.440. The maximum atomic E-state index is 12.3. The van der Waals surface area contributed by atoms with Crippen molar-refractivity contribution in [3.05, 3.63) is 26.6 Å². The van der Waals surface area contributed by atoms with Gasteiger partial charge < -0.3 is 5.11 Å². The summed E-state index contributed by atoms with van der Waals surface area (Å²) < 4.78 is 26.8. The normalized spacial score (nSPS) is 11.8. The number of benzene rings is 1. The molecule has 0 aliphatic carbocycles. The summed E-state index contributed by atoms with van der Waals surface area (Å²) in [6.45, 7) is 1.77. The van der Waals surface area contributed by atoms with Crippen molar-refractivity contribution in [1.82, 2.24) is 4.31 Å². The van der Waals surface area contributed by atoms with E-state index in [0.717, 1.165) is 9.87 Å². The highest BCUT2D eigenvalue weighted by molar-refractivity contribution is 9.11. The van der Waals surface area contributed by atoms with E-state index in [1.807, 2.05) is 6.92 Å². The minimum absolute atomic E-state index is 0.0738. The molecule has 1 N–H and O–H groups in total. The quantitative estimate of drug-likeness (QED) is 0.803. The van der Waals surface area contributed by atoms with Crippen molar-refractivity contribution in [2.24, 2.45) is 0 Å². The van der Waals surface area contributed by atoms with E-state index < -0.39 is 16.0 Å². The largest absolute Gasteiger partial charge is 0.481 e. The predicted molar refractivity (Wildman–Crippen MR) is 78.6 cm³/mol. The van der Waals surface area contributed by atoms with E-state index >= 15 is 0 Å². The number of halogens is 2. The third-order valence-corrected chi connectivity index (χ3v) is 6.21. The molecule has 0 atom stereocenters. The van der Waals surface area contributed by atoms with Crippen LogP contribution in [-0.4, -0.2) is 37.4 Å². The molecule has 1 aromatic rings. The zero-order valence-electron chi connectivity index (χ0n) is 10.4. The summed E-state index contributed by atoms with van der Waals surface area (Å²) in [5.41, 5.74) is 0.902. The first-order valence-corrected chi connectivity index (χ1v) is 8.32. The van der Waals surface area contributed by atoms with E-state index in [9.17, 15) is 13.2 Å². The van der Waals surface area contributed by atoms with Crippen LogP contribution in [0.1, 0.15) is 12.0 Å². The van der Waals surface area contributed by atoms with Crippen LogP contribution in [0.3, 0.4) is 0 Å². The Bertz CT molecular complexity index is 601. The summed E-state index contributed by atoms with van der Waals surface area (Å²) in [5, 5.41) is 8.60. The van der Waals surface area contributed by atoms with E-state index in [1.165, 1.54) is 13.1 Å². The van der Waals surface area contributed by atoms with E-state index in [2.05, 4.69) is 31.9 Å². The second-order valence-corrected chi connectivity index (χ2v) is 7.72. The molecule has 0 aliphatic rings. The third-order valence-electron chi connectivity index (χ3n) is 2.54. The van der Waals surface area contributed by atoms with Gasteiger partial charge in [0.05, 0.1) is 11.3 Å². The minimum atomic E-state index is -3.71. The maximum Gasteiger partial charge on any atom is 0.304 e. The van der Waals surface area contributed by atoms with E-state index in [0.29, 0.717) is 8.95 Å². The van der Waals surface area contributed by atoms with Gasteiger partial charge in [0.25, 0.3) is 0 Å². The summed E-state index contributed by atoms with van der Waals surface area (Å²) in [4.78, 5) is 10.6. The number of sulfonamides is 1. The molecule has 106 valence electrons. The monoisotopic (exact) mass is 413 g/mol. The lowest BCUT2D eigenvalue weighted by atomic mass is 10.2. The van der Waals surface area contributed by atoms with Gasteiger partial charge in [-0.3, -0.25) is 4.79 Å². The number of rotatable bonds is 5. The molecule has 8 heteroatoms. The van der Waals surface area contributed by atoms with E-state index in [4.69, 9.17) is 5.11 Å². The Balaban J connectivity index is 3.13. The van der Waals surface area contributed by atoms with Crippen LogP contribution < -0.4 is 0 Å². The standard InChI is InChI=1S/C11H13Br2NO4S/c1-7-5-9(13)10(6-8(7)12)19(17,18)14(2)4-3-11(15)16/h5-6H,3-4H2,1-2H3,(H,15,16). The molecule has 0 aromatic heterocycles. The van der Waals surface area contributed by atoms with Crippen LogP contribution in [0.25, 0.3) is 0 Å². The SMILES string of the molecule is Cc1cc(Br)c(S(=O)(=O)N(C)CCC(=O)O)cc1Br. The topological polar surface area (TPSA) is 74.7 Å². The van der Waals surface area contributed by atoms with Gasteiger partial charge >= 0.3 is 5.97 Å². The third kappa shape index (κ3) is 4.01. The Kier molecular flexibility index (Phi) is 5.54. The van der Waals surface area contributed by atoms with Crippen molar-refractivity contribution in [1.29, 1.82) is 0 Å². The fraction of sp³-hybridized carbons (Fsp3) is 0.364. The number of hydrogen-bond acceptors (Lipinski definition) is 3. The van der Waals surface area contributed by atoms with E-state index in [1.54, 1.807) is 6.07 Å². The first-order valence-electron chi connectivity index (χ1n) is 5.30. The van der Waals surface area contributed by atoms with Gasteiger partial charge in [0.1, 0.15) is 0 Å². The Labute approximate surface area is 128 Å². The molecular formula is C11H13Br2NO4S. The van der Waals surface area contributed by atoms with Gasteiger partial charge in [-0.25, -0.2) is 12.7 Å². The molecule has 0 saturated heterocycles. The summed E-state index contributed by atoms with van der Waals surface area (Å²) in [7, 11) is -2.35. The van der Waals surface area contributed by atoms with Crippen LogP contribution in [0.15, 0.2) is 26.0 Å². The number of aryl methyl sites for hydroxylation is 1. The predicted octanol–water partition coefficient (Wildman–Crippen LogP) is 2.62. The highest BCUT2D eigenvalue weighted by atomic mass is 79.9. The van der Waals surface area contributed by atoms with Crippen LogP contribution in [0.2, 0.25) is 0 Å². The number of nitrogens with zero attached hydrogens (tertiary/aromatic N) is 1. The Morgan fingerprint density at radius 3 is 2.42 bits per heavy atom. The van der Waals surface area contributed by atoms with Crippen LogP contribution in [-0.2, 0) is 14.8 Å². The molecular weight excluding hydrogens is 402 g/mol. The molecule has 19 heavy (non-hydrogen) atoms. The van der Waals surface area contributed by atoms with Gasteiger partial charge in [0.15, 0.2) is 0 Å². The first kappa shape index (κ1) is 16.6. The van der Waals surface area contributed by atoms with Crippen molar-refractivity contribution in [2.45, 2.75) is 18.2 Å². The molecule has 1 aromatic carbocycles. The highest BCUT2D eigenvalue weighted by Crippen LogP contribution is 2.30. The average Bonchev–Trinajstić information content (AvgIpc) is 2.30. The fourth-order valence-electron chi connectivity index (χ4n) is 1.37. The van der Waals surface area contributed by atoms with Crippen LogP contribution >= 0.6 is 31.9 Å². The number of aliphatic carboxylic acids is 1. The van der Waals surface area contributed by atoms with Gasteiger partial charge in [-0.15, -0.1) is 0 Å². The summed E-state index contributed by atoms with van der Waals surface area (Å²) in [6.07, 6.45) is -0.236. The van der Waals surface area contributed by atoms with Gasteiger partial charge in [-0.05, 0) is 40.5 Å². The van der Waals surface area contributed by atoms with Crippen LogP contribution in [0.4, 0.5) is 0 Å². The molecule has 0 heterocycles. The van der Waals surface area contributed by atoms with Crippen LogP contribution in [0.5, 0.6) is 0 Å². The fourth-order valence-corrected chi connectivity index (χ4v) is 4.17.